The molecule has 13 heteroatoms. The Labute approximate surface area is 228 Å². The number of thiazole rings is 1. The summed E-state index contributed by atoms with van der Waals surface area (Å²) < 4.78 is 19.9. The van der Waals surface area contributed by atoms with Crippen LogP contribution in [0.15, 0.2) is 46.0 Å². The molecule has 4 heterocycles. The maximum absolute atomic E-state index is 14.5. The molecule has 1 aromatic heterocycles. The third-order valence-electron chi connectivity index (χ3n) is 6.80. The van der Waals surface area contributed by atoms with Crippen molar-refractivity contribution in [1.82, 2.24) is 25.0 Å². The minimum Gasteiger partial charge on any atom is -0.463 e. The Morgan fingerprint density at radius 3 is 2.92 bits per heavy atom. The number of aliphatic imine (C=N–C) groups is 1. The van der Waals surface area contributed by atoms with Crippen molar-refractivity contribution in [2.24, 2.45) is 4.99 Å². The maximum Gasteiger partial charge on any atom is 0.338 e. The Hall–Kier alpha value is -3.06. The van der Waals surface area contributed by atoms with E-state index in [9.17, 15) is 19.1 Å². The Balaban J connectivity index is 1.50. The molecule has 0 spiro atoms. The monoisotopic (exact) mass is 562 g/mol. The van der Waals surface area contributed by atoms with E-state index in [1.807, 2.05) is 10.3 Å². The van der Waals surface area contributed by atoms with Crippen LogP contribution in [0.3, 0.4) is 0 Å². The molecule has 202 valence electrons. The summed E-state index contributed by atoms with van der Waals surface area (Å²) in [7, 11) is 0. The standard InChI is InChI=1S/C25H28ClFN6O4S/c1-2-37-24(35)19-18(14-31-7-8-33-15(12-31)13-32(9-10-34)25(33)36)29-22(23-28-6-11-38-23)30-21(19)16-4-3-5-17(27)20(16)26/h3-6,11,15,21,34H,2,7-10,12-14H2,1H3,(H,29,30). The zero-order valence-electron chi connectivity index (χ0n) is 20.8. The molecule has 2 amide bonds. The summed E-state index contributed by atoms with van der Waals surface area (Å²) in [6, 6.07) is 3.45. The molecule has 2 atom stereocenters. The van der Waals surface area contributed by atoms with Crippen LogP contribution in [-0.4, -0.2) is 101 Å². The van der Waals surface area contributed by atoms with E-state index in [0.29, 0.717) is 61.4 Å². The lowest BCUT2D eigenvalue weighted by Crippen LogP contribution is -2.53. The number of amides is 2. The molecule has 2 saturated heterocycles. The first kappa shape index (κ1) is 26.5. The Morgan fingerprint density at radius 1 is 1.34 bits per heavy atom. The largest absolute Gasteiger partial charge is 0.463 e. The molecule has 0 radical (unpaired) electrons. The van der Waals surface area contributed by atoms with Crippen molar-refractivity contribution in [1.29, 1.82) is 0 Å². The Morgan fingerprint density at radius 2 is 2.18 bits per heavy atom. The number of nitrogens with zero attached hydrogens (tertiary/aromatic N) is 5. The number of hydrogen-bond acceptors (Lipinski definition) is 9. The van der Waals surface area contributed by atoms with Gasteiger partial charge < -0.3 is 25.0 Å². The van der Waals surface area contributed by atoms with Gasteiger partial charge >= 0.3 is 12.0 Å². The van der Waals surface area contributed by atoms with Crippen molar-refractivity contribution in [2.75, 3.05) is 52.5 Å². The van der Waals surface area contributed by atoms with E-state index in [1.165, 1.54) is 23.5 Å². The van der Waals surface area contributed by atoms with Crippen LogP contribution in [0.1, 0.15) is 23.5 Å². The number of β-amino-alcohol motifs (C(OH)–C–C–N with tert-alkyl or cyclic N) is 1. The lowest BCUT2D eigenvalue weighted by Gasteiger charge is -2.38. The molecule has 1 aromatic carbocycles. The number of urea groups is 1. The number of ether oxygens (including phenoxy) is 1. The van der Waals surface area contributed by atoms with Crippen molar-refractivity contribution < 1.29 is 23.8 Å². The minimum atomic E-state index is -0.901. The summed E-state index contributed by atoms with van der Waals surface area (Å²) in [6.07, 6.45) is 1.66. The minimum absolute atomic E-state index is 0.0291. The topological polar surface area (TPSA) is 111 Å². The van der Waals surface area contributed by atoms with Gasteiger partial charge in [0.25, 0.3) is 0 Å². The molecule has 38 heavy (non-hydrogen) atoms. The molecular formula is C25H28ClFN6O4S. The number of aromatic nitrogens is 1. The third kappa shape index (κ3) is 5.13. The normalized spacial score (nSPS) is 21.9. The number of amidine groups is 1. The van der Waals surface area contributed by atoms with Gasteiger partial charge in [-0.1, -0.05) is 23.7 Å². The number of aliphatic hydroxyl groups is 1. The number of nitrogens with one attached hydrogen (secondary N) is 1. The molecule has 2 unspecified atom stereocenters. The fraction of sp³-hybridized carbons (Fsp3) is 0.440. The summed E-state index contributed by atoms with van der Waals surface area (Å²) in [5, 5.41) is 14.9. The molecule has 3 aliphatic rings. The van der Waals surface area contributed by atoms with Gasteiger partial charge in [-0.15, -0.1) is 11.3 Å². The van der Waals surface area contributed by atoms with Crippen molar-refractivity contribution in [3.8, 4) is 0 Å². The van der Waals surface area contributed by atoms with Crippen molar-refractivity contribution in [2.45, 2.75) is 19.0 Å². The van der Waals surface area contributed by atoms with Crippen molar-refractivity contribution in [3.63, 3.8) is 0 Å². The smallest absolute Gasteiger partial charge is 0.338 e. The SMILES string of the molecule is CCOC(=O)C1=C(CN2CCN3C(=O)N(CCO)CC3C2)NC(c2nccs2)=NC1c1cccc(F)c1Cl. The number of hydrogen-bond donors (Lipinski definition) is 2. The van der Waals surface area contributed by atoms with Crippen molar-refractivity contribution >= 4 is 40.8 Å². The van der Waals surface area contributed by atoms with Gasteiger partial charge in [-0.3, -0.25) is 9.89 Å². The number of carbonyl (C=O) groups is 2. The predicted octanol–water partition coefficient (Wildman–Crippen LogP) is 2.26. The summed E-state index contributed by atoms with van der Waals surface area (Å²) in [6.45, 7) is 4.67. The molecule has 2 N–H and O–H groups in total. The van der Waals surface area contributed by atoms with Gasteiger partial charge in [-0.05, 0) is 13.0 Å². The van der Waals surface area contributed by atoms with E-state index in [-0.39, 0.29) is 35.9 Å². The summed E-state index contributed by atoms with van der Waals surface area (Å²) in [5.74, 6) is -0.712. The molecule has 2 aromatic rings. The van der Waals surface area contributed by atoms with Gasteiger partial charge in [0.15, 0.2) is 10.8 Å². The molecule has 5 rings (SSSR count). The predicted molar refractivity (Wildman–Crippen MR) is 141 cm³/mol. The number of aliphatic hydroxyl groups excluding tert-OH is 1. The molecule has 3 aliphatic heterocycles. The van der Waals surface area contributed by atoms with Crippen molar-refractivity contribution in [3.05, 3.63) is 62.5 Å². The van der Waals surface area contributed by atoms with Crippen LogP contribution in [0.4, 0.5) is 9.18 Å². The highest BCUT2D eigenvalue weighted by Gasteiger charge is 2.41. The number of piperazine rings is 1. The fourth-order valence-corrected chi connectivity index (χ4v) is 5.91. The molecule has 0 aliphatic carbocycles. The van der Waals surface area contributed by atoms with E-state index >= 15 is 0 Å². The molecular weight excluding hydrogens is 535 g/mol. The first-order valence-electron chi connectivity index (χ1n) is 12.4. The van der Waals surface area contributed by atoms with Crippen LogP contribution in [0.2, 0.25) is 5.02 Å². The Bertz CT molecular complexity index is 1270. The lowest BCUT2D eigenvalue weighted by molar-refractivity contribution is -0.139. The van der Waals surface area contributed by atoms with Crippen LogP contribution in [0.25, 0.3) is 0 Å². The number of esters is 1. The number of rotatable bonds is 8. The quantitative estimate of drug-likeness (QED) is 0.475. The van der Waals surface area contributed by atoms with Gasteiger partial charge in [-0.25, -0.2) is 19.0 Å². The number of carbonyl (C=O) groups excluding carboxylic acids is 2. The summed E-state index contributed by atoms with van der Waals surface area (Å²) >= 11 is 7.76. The third-order valence-corrected chi connectivity index (χ3v) is 7.98. The van der Waals surface area contributed by atoms with Gasteiger partial charge in [0, 0.05) is 62.1 Å². The van der Waals surface area contributed by atoms with Crippen LogP contribution < -0.4 is 5.32 Å². The highest BCUT2D eigenvalue weighted by Crippen LogP contribution is 2.37. The van der Waals surface area contributed by atoms with E-state index in [1.54, 1.807) is 24.1 Å². The highest BCUT2D eigenvalue weighted by molar-refractivity contribution is 7.11. The van der Waals surface area contributed by atoms with Gasteiger partial charge in [-0.2, -0.15) is 0 Å². The zero-order chi connectivity index (χ0) is 26.8. The maximum atomic E-state index is 14.5. The van der Waals surface area contributed by atoms with E-state index in [4.69, 9.17) is 21.3 Å². The second-order valence-corrected chi connectivity index (χ2v) is 10.4. The summed E-state index contributed by atoms with van der Waals surface area (Å²) in [4.78, 5) is 40.8. The highest BCUT2D eigenvalue weighted by atomic mass is 35.5. The van der Waals surface area contributed by atoms with E-state index in [2.05, 4.69) is 15.2 Å². The molecule has 0 saturated carbocycles. The average molecular weight is 563 g/mol. The fourth-order valence-electron chi connectivity index (χ4n) is 5.09. The number of fused-ring (bicyclic) bond motifs is 1. The number of halogens is 2. The molecule has 0 bridgehead atoms. The summed E-state index contributed by atoms with van der Waals surface area (Å²) in [5.41, 5.74) is 1.18. The molecule has 10 nitrogen and oxygen atoms in total. The second-order valence-electron chi connectivity index (χ2n) is 9.13. The van der Waals surface area contributed by atoms with E-state index < -0.39 is 17.8 Å². The lowest BCUT2D eigenvalue weighted by atomic mass is 9.95. The first-order chi connectivity index (χ1) is 18.4. The van der Waals surface area contributed by atoms with Gasteiger partial charge in [0.2, 0.25) is 0 Å². The molecule has 2 fully saturated rings. The van der Waals surface area contributed by atoms with Gasteiger partial charge in [0.05, 0.1) is 29.9 Å². The Kier molecular flexibility index (Phi) is 7.93. The first-order valence-corrected chi connectivity index (χ1v) is 13.6. The van der Waals surface area contributed by atoms with E-state index in [0.717, 1.165) is 0 Å². The number of benzene rings is 1. The van der Waals surface area contributed by atoms with Crippen LogP contribution in [-0.2, 0) is 9.53 Å². The van der Waals surface area contributed by atoms with Crippen LogP contribution >= 0.6 is 22.9 Å². The second kappa shape index (κ2) is 11.4. The van der Waals surface area contributed by atoms with Crippen LogP contribution in [0.5, 0.6) is 0 Å². The average Bonchev–Trinajstić information content (AvgIpc) is 3.54. The zero-order valence-corrected chi connectivity index (χ0v) is 22.3. The van der Waals surface area contributed by atoms with Gasteiger partial charge in [0.1, 0.15) is 11.9 Å². The van der Waals surface area contributed by atoms with Crippen LogP contribution in [0, 0.1) is 5.82 Å².